The van der Waals surface area contributed by atoms with Gasteiger partial charge in [0.05, 0.1) is 6.20 Å². The number of aromatic nitrogens is 2. The summed E-state index contributed by atoms with van der Waals surface area (Å²) in [6, 6.07) is 0.592. The standard InChI is InChI=1S/C13H23N3S/c1-3-16-10-11(9-15-16)8-12(14-2)13-6-4-5-7-17-13/h9-10,12-14H,3-8H2,1-2H3. The molecule has 96 valence electrons. The number of thioether (sulfide) groups is 1. The number of hydrogen-bond donors (Lipinski definition) is 1. The van der Waals surface area contributed by atoms with E-state index in [1.165, 1.54) is 30.6 Å². The van der Waals surface area contributed by atoms with Crippen molar-refractivity contribution in [2.45, 2.75) is 50.4 Å². The van der Waals surface area contributed by atoms with Crippen molar-refractivity contribution in [1.29, 1.82) is 0 Å². The van der Waals surface area contributed by atoms with E-state index in [0.29, 0.717) is 6.04 Å². The Morgan fingerprint density at radius 1 is 1.59 bits per heavy atom. The van der Waals surface area contributed by atoms with E-state index in [1.54, 1.807) is 0 Å². The van der Waals surface area contributed by atoms with E-state index < -0.39 is 0 Å². The first kappa shape index (κ1) is 13.0. The third-order valence-corrected chi connectivity index (χ3v) is 5.02. The Labute approximate surface area is 108 Å². The van der Waals surface area contributed by atoms with Gasteiger partial charge in [-0.25, -0.2) is 0 Å². The maximum atomic E-state index is 4.35. The zero-order chi connectivity index (χ0) is 12.1. The summed E-state index contributed by atoms with van der Waals surface area (Å²) in [4.78, 5) is 0. The zero-order valence-electron chi connectivity index (χ0n) is 10.9. The normalized spacial score (nSPS) is 22.6. The molecular formula is C13H23N3S. The Balaban J connectivity index is 1.93. The number of rotatable bonds is 5. The SMILES string of the molecule is CCn1cc(CC(NC)C2CCCCS2)cn1. The molecule has 4 heteroatoms. The molecule has 1 fully saturated rings. The summed E-state index contributed by atoms with van der Waals surface area (Å²) in [5.74, 6) is 1.33. The molecule has 0 bridgehead atoms. The molecule has 1 aliphatic heterocycles. The highest BCUT2D eigenvalue weighted by atomic mass is 32.2. The molecule has 3 nitrogen and oxygen atoms in total. The van der Waals surface area contributed by atoms with Crippen LogP contribution in [0.4, 0.5) is 0 Å². The van der Waals surface area contributed by atoms with Crippen LogP contribution in [-0.4, -0.2) is 33.9 Å². The maximum absolute atomic E-state index is 4.35. The topological polar surface area (TPSA) is 29.9 Å². The molecule has 1 aromatic rings. The molecule has 1 N–H and O–H groups in total. The maximum Gasteiger partial charge on any atom is 0.0522 e. The highest BCUT2D eigenvalue weighted by molar-refractivity contribution is 8.00. The molecule has 1 saturated heterocycles. The van der Waals surface area contributed by atoms with E-state index >= 15 is 0 Å². The molecule has 17 heavy (non-hydrogen) atoms. The predicted octanol–water partition coefficient (Wildman–Crippen LogP) is 2.32. The van der Waals surface area contributed by atoms with Gasteiger partial charge < -0.3 is 5.32 Å². The second kappa shape index (κ2) is 6.45. The van der Waals surface area contributed by atoms with Crippen molar-refractivity contribution < 1.29 is 0 Å². The lowest BCUT2D eigenvalue weighted by atomic mass is 10.0. The fourth-order valence-corrected chi connectivity index (χ4v) is 3.91. The second-order valence-corrected chi connectivity index (χ2v) is 6.06. The number of aryl methyl sites for hydroxylation is 1. The van der Waals surface area contributed by atoms with Crippen LogP contribution < -0.4 is 5.32 Å². The van der Waals surface area contributed by atoms with Crippen molar-refractivity contribution in [3.05, 3.63) is 18.0 Å². The first-order valence-corrected chi connectivity index (χ1v) is 7.68. The Bertz CT molecular complexity index is 331. The van der Waals surface area contributed by atoms with E-state index in [2.05, 4.69) is 42.3 Å². The minimum atomic E-state index is 0.592. The summed E-state index contributed by atoms with van der Waals surface area (Å²) in [6.07, 6.45) is 9.45. The number of hydrogen-bond acceptors (Lipinski definition) is 3. The summed E-state index contributed by atoms with van der Waals surface area (Å²) < 4.78 is 2.01. The van der Waals surface area contributed by atoms with E-state index in [-0.39, 0.29) is 0 Å². The van der Waals surface area contributed by atoms with Crippen LogP contribution in [0.1, 0.15) is 31.7 Å². The fourth-order valence-electron chi connectivity index (χ4n) is 2.44. The van der Waals surface area contributed by atoms with Gasteiger partial charge in [0.2, 0.25) is 0 Å². The Morgan fingerprint density at radius 3 is 3.06 bits per heavy atom. The molecule has 1 aliphatic rings. The second-order valence-electron chi connectivity index (χ2n) is 4.71. The minimum Gasteiger partial charge on any atom is -0.316 e. The van der Waals surface area contributed by atoms with Crippen LogP contribution in [-0.2, 0) is 13.0 Å². The molecule has 2 rings (SSSR count). The van der Waals surface area contributed by atoms with Crippen LogP contribution in [0.3, 0.4) is 0 Å². The molecule has 2 heterocycles. The first-order chi connectivity index (χ1) is 8.33. The molecule has 0 saturated carbocycles. The lowest BCUT2D eigenvalue weighted by Crippen LogP contribution is -2.38. The summed E-state index contributed by atoms with van der Waals surface area (Å²) in [7, 11) is 2.09. The van der Waals surface area contributed by atoms with Crippen LogP contribution in [0.25, 0.3) is 0 Å². The van der Waals surface area contributed by atoms with Gasteiger partial charge in [-0.05, 0) is 44.6 Å². The Kier molecular flexibility index (Phi) is 4.92. The van der Waals surface area contributed by atoms with Gasteiger partial charge in [-0.15, -0.1) is 0 Å². The van der Waals surface area contributed by atoms with Gasteiger partial charge in [0, 0.05) is 24.0 Å². The number of likely N-dealkylation sites (N-methyl/N-ethyl adjacent to an activating group) is 1. The van der Waals surface area contributed by atoms with E-state index in [0.717, 1.165) is 18.2 Å². The quantitative estimate of drug-likeness (QED) is 0.873. The summed E-state index contributed by atoms with van der Waals surface area (Å²) in [5.41, 5.74) is 1.36. The van der Waals surface area contributed by atoms with E-state index in [9.17, 15) is 0 Å². The molecule has 0 aromatic carbocycles. The molecule has 1 aromatic heterocycles. The smallest absolute Gasteiger partial charge is 0.0522 e. The minimum absolute atomic E-state index is 0.592. The summed E-state index contributed by atoms with van der Waals surface area (Å²) in [5, 5.41) is 8.62. The van der Waals surface area contributed by atoms with Gasteiger partial charge in [-0.3, -0.25) is 4.68 Å². The third kappa shape index (κ3) is 3.49. The molecule has 0 amide bonds. The fraction of sp³-hybridized carbons (Fsp3) is 0.769. The monoisotopic (exact) mass is 253 g/mol. The molecule has 2 atom stereocenters. The van der Waals surface area contributed by atoms with Crippen LogP contribution >= 0.6 is 11.8 Å². The van der Waals surface area contributed by atoms with Crippen LogP contribution in [0.5, 0.6) is 0 Å². The number of nitrogens with zero attached hydrogens (tertiary/aromatic N) is 2. The lowest BCUT2D eigenvalue weighted by Gasteiger charge is -2.29. The van der Waals surface area contributed by atoms with Crippen molar-refractivity contribution in [2.24, 2.45) is 0 Å². The molecule has 2 unspecified atom stereocenters. The van der Waals surface area contributed by atoms with Crippen molar-refractivity contribution in [3.63, 3.8) is 0 Å². The van der Waals surface area contributed by atoms with Crippen LogP contribution in [0.2, 0.25) is 0 Å². The van der Waals surface area contributed by atoms with Gasteiger partial charge in [0.1, 0.15) is 0 Å². The molecule has 0 radical (unpaired) electrons. The lowest BCUT2D eigenvalue weighted by molar-refractivity contribution is 0.494. The van der Waals surface area contributed by atoms with Crippen molar-refractivity contribution in [3.8, 4) is 0 Å². The van der Waals surface area contributed by atoms with Crippen LogP contribution in [0.15, 0.2) is 12.4 Å². The van der Waals surface area contributed by atoms with Gasteiger partial charge in [-0.2, -0.15) is 16.9 Å². The molecular weight excluding hydrogens is 230 g/mol. The van der Waals surface area contributed by atoms with Gasteiger partial charge in [-0.1, -0.05) is 6.42 Å². The predicted molar refractivity (Wildman–Crippen MR) is 74.5 cm³/mol. The average Bonchev–Trinajstić information content (AvgIpc) is 2.84. The summed E-state index contributed by atoms with van der Waals surface area (Å²) in [6.45, 7) is 3.09. The Morgan fingerprint density at radius 2 is 2.47 bits per heavy atom. The first-order valence-electron chi connectivity index (χ1n) is 6.63. The highest BCUT2D eigenvalue weighted by Crippen LogP contribution is 2.28. The number of nitrogens with one attached hydrogen (secondary N) is 1. The van der Waals surface area contributed by atoms with Crippen LogP contribution in [0, 0.1) is 0 Å². The van der Waals surface area contributed by atoms with Crippen molar-refractivity contribution >= 4 is 11.8 Å². The molecule has 0 aliphatic carbocycles. The largest absolute Gasteiger partial charge is 0.316 e. The van der Waals surface area contributed by atoms with Gasteiger partial charge in [0.15, 0.2) is 0 Å². The zero-order valence-corrected chi connectivity index (χ0v) is 11.7. The third-order valence-electron chi connectivity index (χ3n) is 3.50. The van der Waals surface area contributed by atoms with Gasteiger partial charge in [0.25, 0.3) is 0 Å². The van der Waals surface area contributed by atoms with Crippen molar-refractivity contribution in [1.82, 2.24) is 15.1 Å². The van der Waals surface area contributed by atoms with E-state index in [4.69, 9.17) is 0 Å². The Hall–Kier alpha value is -0.480. The van der Waals surface area contributed by atoms with E-state index in [1.807, 2.05) is 10.9 Å². The summed E-state index contributed by atoms with van der Waals surface area (Å²) >= 11 is 2.14. The highest BCUT2D eigenvalue weighted by Gasteiger charge is 2.23. The molecule has 0 spiro atoms. The van der Waals surface area contributed by atoms with Crippen molar-refractivity contribution in [2.75, 3.05) is 12.8 Å². The average molecular weight is 253 g/mol. The van der Waals surface area contributed by atoms with Gasteiger partial charge >= 0.3 is 0 Å².